The Hall–Kier alpha value is -1.42. The minimum absolute atomic E-state index is 0.000191. The van der Waals surface area contributed by atoms with Crippen LogP contribution in [0.4, 0.5) is 5.69 Å². The third-order valence-electron chi connectivity index (χ3n) is 2.11. The van der Waals surface area contributed by atoms with Crippen LogP contribution in [0.5, 0.6) is 0 Å². The molecular weight excluding hydrogens is 166 g/mol. The number of hydrogen-bond donors (Lipinski definition) is 2. The molecule has 4 nitrogen and oxygen atoms in total. The lowest BCUT2D eigenvalue weighted by Gasteiger charge is -2.02. The number of nitrogens with two attached hydrogens (primary N) is 1. The lowest BCUT2D eigenvalue weighted by molar-refractivity contribution is -0.117. The maximum atomic E-state index is 11.4. The molecule has 2 rings (SSSR count). The summed E-state index contributed by atoms with van der Waals surface area (Å²) in [6.45, 7) is 0. The number of anilines is 1. The Bertz CT molecular complexity index is 312. The number of pyridine rings is 1. The maximum Gasteiger partial charge on any atom is 0.229 e. The first kappa shape index (κ1) is 8.19. The summed E-state index contributed by atoms with van der Waals surface area (Å²) in [7, 11) is 0. The molecule has 0 saturated heterocycles. The number of aromatic nitrogens is 1. The second kappa shape index (κ2) is 3.14. The molecule has 2 atom stereocenters. The van der Waals surface area contributed by atoms with Crippen LogP contribution < -0.4 is 11.1 Å². The van der Waals surface area contributed by atoms with Gasteiger partial charge in [0.1, 0.15) is 0 Å². The monoisotopic (exact) mass is 177 g/mol. The van der Waals surface area contributed by atoms with Crippen molar-refractivity contribution in [3.05, 3.63) is 24.5 Å². The predicted octanol–water partition coefficient (Wildman–Crippen LogP) is 0.367. The number of nitrogens with one attached hydrogen (secondary N) is 1. The van der Waals surface area contributed by atoms with Crippen LogP contribution in [0.15, 0.2) is 24.5 Å². The Morgan fingerprint density at radius 1 is 1.69 bits per heavy atom. The van der Waals surface area contributed by atoms with Gasteiger partial charge in [0.15, 0.2) is 0 Å². The summed E-state index contributed by atoms with van der Waals surface area (Å²) in [4.78, 5) is 15.3. The van der Waals surface area contributed by atoms with E-state index in [-0.39, 0.29) is 17.9 Å². The van der Waals surface area contributed by atoms with Gasteiger partial charge in [-0.1, -0.05) is 0 Å². The molecular formula is C9H11N3O. The molecule has 3 N–H and O–H groups in total. The van der Waals surface area contributed by atoms with Crippen LogP contribution in [-0.4, -0.2) is 16.9 Å². The van der Waals surface area contributed by atoms with Crippen LogP contribution in [0.2, 0.25) is 0 Å². The topological polar surface area (TPSA) is 68.0 Å². The fraction of sp³-hybridized carbons (Fsp3) is 0.333. The van der Waals surface area contributed by atoms with Gasteiger partial charge in [0.05, 0.1) is 17.8 Å². The second-order valence-corrected chi connectivity index (χ2v) is 3.24. The van der Waals surface area contributed by atoms with Gasteiger partial charge < -0.3 is 11.1 Å². The average Bonchev–Trinajstić information content (AvgIpc) is 2.84. The van der Waals surface area contributed by atoms with Crippen molar-refractivity contribution in [2.75, 3.05) is 5.32 Å². The molecule has 13 heavy (non-hydrogen) atoms. The highest BCUT2D eigenvalue weighted by Gasteiger charge is 2.39. The van der Waals surface area contributed by atoms with E-state index in [2.05, 4.69) is 10.3 Å². The number of hydrogen-bond acceptors (Lipinski definition) is 3. The van der Waals surface area contributed by atoms with Crippen LogP contribution in [0.25, 0.3) is 0 Å². The van der Waals surface area contributed by atoms with E-state index >= 15 is 0 Å². The standard InChI is InChI=1S/C9H11N3O/c10-8-4-7(8)9(13)12-6-2-1-3-11-5-6/h1-3,5,7-8H,4,10H2,(H,12,13). The lowest BCUT2D eigenvalue weighted by Crippen LogP contribution is -2.18. The number of nitrogens with zero attached hydrogens (tertiary/aromatic N) is 1. The SMILES string of the molecule is NC1CC1C(=O)Nc1cccnc1. The van der Waals surface area contributed by atoms with Crippen molar-refractivity contribution in [3.63, 3.8) is 0 Å². The van der Waals surface area contributed by atoms with Crippen molar-refractivity contribution in [1.29, 1.82) is 0 Å². The number of carbonyl (C=O) groups is 1. The van der Waals surface area contributed by atoms with Gasteiger partial charge in [0.25, 0.3) is 0 Å². The van der Waals surface area contributed by atoms with Crippen molar-refractivity contribution < 1.29 is 4.79 Å². The predicted molar refractivity (Wildman–Crippen MR) is 48.9 cm³/mol. The Labute approximate surface area is 76.2 Å². The molecule has 1 aliphatic rings. The molecule has 1 aromatic rings. The van der Waals surface area contributed by atoms with Crippen LogP contribution in [0, 0.1) is 5.92 Å². The summed E-state index contributed by atoms with van der Waals surface area (Å²) >= 11 is 0. The molecule has 0 aliphatic heterocycles. The number of carbonyl (C=O) groups excluding carboxylic acids is 1. The van der Waals surface area contributed by atoms with Crippen molar-refractivity contribution >= 4 is 11.6 Å². The van der Waals surface area contributed by atoms with E-state index in [1.807, 2.05) is 0 Å². The molecule has 68 valence electrons. The van der Waals surface area contributed by atoms with E-state index in [4.69, 9.17) is 5.73 Å². The Kier molecular flexibility index (Phi) is 1.98. The van der Waals surface area contributed by atoms with E-state index in [0.717, 1.165) is 12.1 Å². The minimum Gasteiger partial charge on any atom is -0.327 e. The molecule has 0 aromatic carbocycles. The molecule has 1 saturated carbocycles. The molecule has 0 radical (unpaired) electrons. The number of rotatable bonds is 2. The minimum atomic E-state index is 0.000191. The fourth-order valence-electron chi connectivity index (χ4n) is 1.19. The number of amides is 1. The maximum absolute atomic E-state index is 11.4. The molecule has 1 amide bonds. The van der Waals surface area contributed by atoms with Gasteiger partial charge in [0.2, 0.25) is 5.91 Å². The highest BCUT2D eigenvalue weighted by atomic mass is 16.2. The first-order valence-electron chi connectivity index (χ1n) is 4.24. The van der Waals surface area contributed by atoms with Crippen LogP contribution >= 0.6 is 0 Å². The summed E-state index contributed by atoms with van der Waals surface area (Å²) < 4.78 is 0. The molecule has 1 aromatic heterocycles. The molecule has 4 heteroatoms. The molecule has 0 bridgehead atoms. The fourth-order valence-corrected chi connectivity index (χ4v) is 1.19. The largest absolute Gasteiger partial charge is 0.327 e. The Morgan fingerprint density at radius 3 is 3.00 bits per heavy atom. The van der Waals surface area contributed by atoms with E-state index in [0.29, 0.717) is 0 Å². The summed E-state index contributed by atoms with van der Waals surface area (Å²) in [5, 5.41) is 2.75. The molecule has 1 fully saturated rings. The van der Waals surface area contributed by atoms with Crippen LogP contribution in [-0.2, 0) is 4.79 Å². The lowest BCUT2D eigenvalue weighted by atomic mass is 10.3. The first-order chi connectivity index (χ1) is 6.27. The summed E-state index contributed by atoms with van der Waals surface area (Å²) in [6.07, 6.45) is 4.08. The zero-order valence-corrected chi connectivity index (χ0v) is 7.10. The quantitative estimate of drug-likeness (QED) is 0.685. The Morgan fingerprint density at radius 2 is 2.46 bits per heavy atom. The van der Waals surface area contributed by atoms with Gasteiger partial charge in [-0.2, -0.15) is 0 Å². The van der Waals surface area contributed by atoms with Gasteiger partial charge in [-0.3, -0.25) is 9.78 Å². The van der Waals surface area contributed by atoms with Crippen molar-refractivity contribution in [1.82, 2.24) is 4.98 Å². The van der Waals surface area contributed by atoms with Gasteiger partial charge in [0, 0.05) is 12.2 Å². The van der Waals surface area contributed by atoms with E-state index in [1.54, 1.807) is 24.5 Å². The van der Waals surface area contributed by atoms with E-state index in [9.17, 15) is 4.79 Å². The third-order valence-corrected chi connectivity index (χ3v) is 2.11. The second-order valence-electron chi connectivity index (χ2n) is 3.24. The van der Waals surface area contributed by atoms with Crippen molar-refractivity contribution in [3.8, 4) is 0 Å². The van der Waals surface area contributed by atoms with Gasteiger partial charge >= 0.3 is 0 Å². The van der Waals surface area contributed by atoms with Crippen molar-refractivity contribution in [2.24, 2.45) is 11.7 Å². The molecule has 1 aliphatic carbocycles. The van der Waals surface area contributed by atoms with Crippen LogP contribution in [0.3, 0.4) is 0 Å². The Balaban J connectivity index is 1.95. The molecule has 1 heterocycles. The van der Waals surface area contributed by atoms with Gasteiger partial charge in [-0.15, -0.1) is 0 Å². The zero-order valence-electron chi connectivity index (χ0n) is 7.10. The summed E-state index contributed by atoms with van der Waals surface area (Å²) in [6, 6.07) is 3.64. The highest BCUT2D eigenvalue weighted by Crippen LogP contribution is 2.28. The first-order valence-corrected chi connectivity index (χ1v) is 4.24. The normalized spacial score (nSPS) is 25.3. The molecule has 2 unspecified atom stereocenters. The highest BCUT2D eigenvalue weighted by molar-refractivity contribution is 5.94. The van der Waals surface area contributed by atoms with E-state index < -0.39 is 0 Å². The van der Waals surface area contributed by atoms with Gasteiger partial charge in [-0.05, 0) is 18.6 Å². The smallest absolute Gasteiger partial charge is 0.229 e. The average molecular weight is 177 g/mol. The van der Waals surface area contributed by atoms with Crippen molar-refractivity contribution in [2.45, 2.75) is 12.5 Å². The molecule has 0 spiro atoms. The van der Waals surface area contributed by atoms with Gasteiger partial charge in [-0.25, -0.2) is 0 Å². The summed E-state index contributed by atoms with van der Waals surface area (Å²) in [5.41, 5.74) is 6.27. The van der Waals surface area contributed by atoms with E-state index in [1.165, 1.54) is 0 Å². The van der Waals surface area contributed by atoms with Crippen LogP contribution in [0.1, 0.15) is 6.42 Å². The third kappa shape index (κ3) is 1.84. The summed E-state index contributed by atoms with van der Waals surface area (Å²) in [5.74, 6) is 0.000654. The zero-order chi connectivity index (χ0) is 9.26.